The van der Waals surface area contributed by atoms with Crippen LogP contribution in [0.25, 0.3) is 0 Å². The van der Waals surface area contributed by atoms with E-state index in [0.717, 1.165) is 6.42 Å². The van der Waals surface area contributed by atoms with E-state index in [4.69, 9.17) is 5.26 Å². The van der Waals surface area contributed by atoms with Crippen LogP contribution in [0.5, 0.6) is 0 Å². The van der Waals surface area contributed by atoms with Gasteiger partial charge in [-0.3, -0.25) is 9.59 Å². The molecule has 2 fully saturated rings. The predicted octanol–water partition coefficient (Wildman–Crippen LogP) is 2.22. The summed E-state index contributed by atoms with van der Waals surface area (Å²) >= 11 is 0. The van der Waals surface area contributed by atoms with Gasteiger partial charge in [0.15, 0.2) is 0 Å². The van der Waals surface area contributed by atoms with Crippen LogP contribution in [0.15, 0.2) is 53.5 Å². The molecule has 0 spiro atoms. The first-order valence-electron chi connectivity index (χ1n) is 11.3. The molecule has 2 aliphatic heterocycles. The van der Waals surface area contributed by atoms with E-state index in [1.54, 1.807) is 11.0 Å². The molecule has 1 aromatic carbocycles. The molecule has 1 N–H and O–H groups in total. The number of rotatable bonds is 6. The van der Waals surface area contributed by atoms with E-state index in [2.05, 4.69) is 11.4 Å². The van der Waals surface area contributed by atoms with Crippen LogP contribution in [0.1, 0.15) is 43.0 Å². The van der Waals surface area contributed by atoms with Gasteiger partial charge in [-0.15, -0.1) is 0 Å². The summed E-state index contributed by atoms with van der Waals surface area (Å²) < 4.78 is 26.9. The molecule has 2 saturated heterocycles. The molecule has 0 unspecified atom stereocenters. The maximum Gasteiger partial charge on any atom is 0.254 e. The molecule has 2 amide bonds. The molecule has 0 saturated carbocycles. The number of benzene rings is 1. The molecule has 0 bridgehead atoms. The number of hydrogen-bond donors (Lipinski definition) is 1. The Balaban J connectivity index is 1.50. The summed E-state index contributed by atoms with van der Waals surface area (Å²) in [6.07, 6.45) is 10.6. The molecule has 9 heteroatoms. The van der Waals surface area contributed by atoms with Crippen molar-refractivity contribution >= 4 is 21.8 Å². The number of sulfonamides is 1. The summed E-state index contributed by atoms with van der Waals surface area (Å²) in [7, 11) is -3.77. The fourth-order valence-corrected chi connectivity index (χ4v) is 6.12. The minimum absolute atomic E-state index is 0.0222. The van der Waals surface area contributed by atoms with Gasteiger partial charge in [0.25, 0.3) is 5.91 Å². The highest BCUT2D eigenvalue weighted by Crippen LogP contribution is 2.28. The van der Waals surface area contributed by atoms with Crippen LogP contribution in [0.2, 0.25) is 0 Å². The molecule has 0 radical (unpaired) electrons. The van der Waals surface area contributed by atoms with Crippen LogP contribution >= 0.6 is 0 Å². The van der Waals surface area contributed by atoms with Gasteiger partial charge in [0.1, 0.15) is 6.04 Å². The Labute approximate surface area is 194 Å². The minimum Gasteiger partial charge on any atom is -0.345 e. The summed E-state index contributed by atoms with van der Waals surface area (Å²) in [5.41, 5.74) is -0.214. The van der Waals surface area contributed by atoms with Gasteiger partial charge in [0.05, 0.1) is 22.4 Å². The zero-order chi connectivity index (χ0) is 23.6. The zero-order valence-electron chi connectivity index (χ0n) is 18.6. The van der Waals surface area contributed by atoms with Crippen LogP contribution in [-0.2, 0) is 14.8 Å². The number of carbonyl (C=O) groups excluding carboxylic acids is 2. The fourth-order valence-electron chi connectivity index (χ4n) is 4.54. The second-order valence-electron chi connectivity index (χ2n) is 8.82. The van der Waals surface area contributed by atoms with Crippen molar-refractivity contribution in [2.24, 2.45) is 5.92 Å². The summed E-state index contributed by atoms with van der Waals surface area (Å²) in [6.45, 7) is 2.78. The van der Waals surface area contributed by atoms with Crippen LogP contribution in [0, 0.1) is 17.2 Å². The van der Waals surface area contributed by atoms with Gasteiger partial charge in [-0.1, -0.05) is 37.3 Å². The first-order chi connectivity index (χ1) is 15.8. The molecule has 3 aliphatic rings. The molecule has 8 nitrogen and oxygen atoms in total. The molecule has 2 heterocycles. The van der Waals surface area contributed by atoms with Crippen molar-refractivity contribution in [2.75, 3.05) is 19.6 Å². The highest BCUT2D eigenvalue weighted by atomic mass is 32.2. The van der Waals surface area contributed by atoms with Crippen molar-refractivity contribution < 1.29 is 18.0 Å². The van der Waals surface area contributed by atoms with Gasteiger partial charge in [0, 0.05) is 25.2 Å². The molecular formula is C24H28N4O4S. The van der Waals surface area contributed by atoms with Crippen LogP contribution in [0.3, 0.4) is 0 Å². The Morgan fingerprint density at radius 1 is 1.27 bits per heavy atom. The van der Waals surface area contributed by atoms with Gasteiger partial charge in [-0.05, 0) is 43.9 Å². The first kappa shape index (κ1) is 23.2. The molecule has 1 aliphatic carbocycles. The average Bonchev–Trinajstić information content (AvgIpc) is 3.28. The van der Waals surface area contributed by atoms with Gasteiger partial charge >= 0.3 is 0 Å². The molecule has 4 rings (SSSR count). The summed E-state index contributed by atoms with van der Waals surface area (Å²) in [4.78, 5) is 28.0. The van der Waals surface area contributed by atoms with Crippen LogP contribution < -0.4 is 5.32 Å². The van der Waals surface area contributed by atoms with Crippen LogP contribution in [0.4, 0.5) is 0 Å². The second-order valence-corrected chi connectivity index (χ2v) is 10.8. The van der Waals surface area contributed by atoms with Gasteiger partial charge in [-0.25, -0.2) is 8.42 Å². The Hall–Kier alpha value is -2.96. The van der Waals surface area contributed by atoms with Crippen molar-refractivity contribution in [1.82, 2.24) is 14.5 Å². The van der Waals surface area contributed by atoms with Crippen molar-refractivity contribution in [3.63, 3.8) is 0 Å². The quantitative estimate of drug-likeness (QED) is 0.688. The highest BCUT2D eigenvalue weighted by molar-refractivity contribution is 7.89. The maximum absolute atomic E-state index is 13.3. The van der Waals surface area contributed by atoms with Crippen LogP contribution in [-0.4, -0.2) is 60.7 Å². The summed E-state index contributed by atoms with van der Waals surface area (Å²) in [6, 6.07) is 7.40. The van der Waals surface area contributed by atoms with Crippen molar-refractivity contribution in [2.45, 2.75) is 49.1 Å². The van der Waals surface area contributed by atoms with Gasteiger partial charge in [-0.2, -0.15) is 9.57 Å². The number of hydrogen-bond acceptors (Lipinski definition) is 5. The van der Waals surface area contributed by atoms with E-state index < -0.39 is 21.6 Å². The van der Waals surface area contributed by atoms with Gasteiger partial charge < -0.3 is 10.2 Å². The smallest absolute Gasteiger partial charge is 0.254 e. The average molecular weight is 469 g/mol. The normalized spacial score (nSPS) is 25.5. The van der Waals surface area contributed by atoms with Gasteiger partial charge in [0.2, 0.25) is 15.9 Å². The highest BCUT2D eigenvalue weighted by Gasteiger charge is 2.39. The third-order valence-electron chi connectivity index (χ3n) is 6.71. The van der Waals surface area contributed by atoms with E-state index in [1.807, 2.05) is 31.2 Å². The SMILES string of the molecule is CC[C@]1(NC(=O)[C@H]2CCCN2C(=O)c2cccc(S(=O)(=O)N3CC(C#N)C3)c2)C=CC=CC1. The Bertz CT molecular complexity index is 1150. The summed E-state index contributed by atoms with van der Waals surface area (Å²) in [5, 5.41) is 12.1. The molecular weight excluding hydrogens is 440 g/mol. The summed E-state index contributed by atoms with van der Waals surface area (Å²) in [5.74, 6) is -0.836. The fraction of sp³-hybridized carbons (Fsp3) is 0.458. The third kappa shape index (κ3) is 4.45. The standard InChI is InChI=1S/C24H28N4O4S/c1-2-24(11-4-3-5-12-24)26-22(29)21-10-7-13-28(21)23(30)19-8-6-9-20(14-19)33(31,32)27-16-18(15-25)17-27/h3-6,8-9,11,14,18,21H,2,7,10,12-13,16-17H2,1H3,(H,26,29)/t21-,24+/m1/s1. The maximum atomic E-state index is 13.3. The molecule has 1 aromatic rings. The number of amides is 2. The predicted molar refractivity (Wildman–Crippen MR) is 122 cm³/mol. The molecule has 174 valence electrons. The number of allylic oxidation sites excluding steroid dienone is 2. The van der Waals surface area contributed by atoms with E-state index >= 15 is 0 Å². The first-order valence-corrected chi connectivity index (χ1v) is 12.7. The number of nitrogens with zero attached hydrogens (tertiary/aromatic N) is 3. The van der Waals surface area contributed by atoms with E-state index in [0.29, 0.717) is 25.8 Å². The number of likely N-dealkylation sites (tertiary alicyclic amines) is 1. The third-order valence-corrected chi connectivity index (χ3v) is 8.54. The number of nitriles is 1. The number of nitrogens with one attached hydrogen (secondary N) is 1. The Morgan fingerprint density at radius 2 is 2.06 bits per heavy atom. The monoisotopic (exact) mass is 468 g/mol. The van der Waals surface area contributed by atoms with E-state index in [9.17, 15) is 18.0 Å². The molecule has 0 aromatic heterocycles. The van der Waals surface area contributed by atoms with Crippen molar-refractivity contribution in [1.29, 1.82) is 5.26 Å². The lowest BCUT2D eigenvalue weighted by Crippen LogP contribution is -2.54. The lowest BCUT2D eigenvalue weighted by atomic mass is 9.88. The molecule has 2 atom stereocenters. The number of carbonyl (C=O) groups is 2. The largest absolute Gasteiger partial charge is 0.345 e. The molecule has 33 heavy (non-hydrogen) atoms. The topological polar surface area (TPSA) is 111 Å². The second kappa shape index (κ2) is 9.12. The van der Waals surface area contributed by atoms with E-state index in [1.165, 1.54) is 22.5 Å². The minimum atomic E-state index is -3.77. The zero-order valence-corrected chi connectivity index (χ0v) is 19.4. The van der Waals surface area contributed by atoms with Crippen molar-refractivity contribution in [3.05, 3.63) is 54.1 Å². The van der Waals surface area contributed by atoms with E-state index in [-0.39, 0.29) is 41.3 Å². The van der Waals surface area contributed by atoms with Crippen molar-refractivity contribution in [3.8, 4) is 6.07 Å². The Kier molecular flexibility index (Phi) is 6.41. The Morgan fingerprint density at radius 3 is 2.73 bits per heavy atom. The lowest BCUT2D eigenvalue weighted by molar-refractivity contribution is -0.126. The lowest BCUT2D eigenvalue weighted by Gasteiger charge is -2.34.